The minimum atomic E-state index is -1.21. The van der Waals surface area contributed by atoms with Crippen LogP contribution < -0.4 is 10.6 Å². The Morgan fingerprint density at radius 1 is 0.905 bits per heavy atom. The van der Waals surface area contributed by atoms with Gasteiger partial charge in [-0.3, -0.25) is 14.5 Å². The number of hydrogen-bond acceptors (Lipinski definition) is 5. The summed E-state index contributed by atoms with van der Waals surface area (Å²) >= 11 is 0. The predicted molar refractivity (Wildman–Crippen MR) is 161 cm³/mol. The number of nitrogens with zero attached hydrogens (tertiary/aromatic N) is 1. The summed E-state index contributed by atoms with van der Waals surface area (Å²) < 4.78 is 5.82. The smallest absolute Gasteiger partial charge is 0.408 e. The molecule has 2 amide bonds. The maximum atomic E-state index is 13.8. The van der Waals surface area contributed by atoms with Gasteiger partial charge < -0.3 is 20.5 Å². The number of ether oxygens (including phenoxy) is 1. The van der Waals surface area contributed by atoms with E-state index in [0.29, 0.717) is 25.9 Å². The van der Waals surface area contributed by atoms with Gasteiger partial charge in [-0.25, -0.2) is 4.79 Å². The molecule has 0 saturated carbocycles. The lowest BCUT2D eigenvalue weighted by Gasteiger charge is -2.41. The fraction of sp³-hybridized carbons (Fsp3) is 0.382. The molecule has 1 heterocycles. The van der Waals surface area contributed by atoms with Gasteiger partial charge in [-0.15, -0.1) is 0 Å². The molecular weight excluding hydrogens is 530 g/mol. The van der Waals surface area contributed by atoms with Crippen molar-refractivity contribution in [3.05, 3.63) is 95.6 Å². The second-order valence-corrected chi connectivity index (χ2v) is 11.7. The van der Waals surface area contributed by atoms with E-state index in [1.807, 2.05) is 56.3 Å². The van der Waals surface area contributed by atoms with Crippen LogP contribution in [0.25, 0.3) is 11.1 Å². The Balaban J connectivity index is 1.30. The molecule has 1 fully saturated rings. The number of hydrogen-bond donors (Lipinski definition) is 3. The van der Waals surface area contributed by atoms with Crippen molar-refractivity contribution in [1.82, 2.24) is 15.5 Å². The fourth-order valence-corrected chi connectivity index (χ4v) is 6.12. The lowest BCUT2D eigenvalue weighted by Crippen LogP contribution is -2.64. The quantitative estimate of drug-likeness (QED) is 0.311. The summed E-state index contributed by atoms with van der Waals surface area (Å²) in [6, 6.07) is 25.9. The summed E-state index contributed by atoms with van der Waals surface area (Å²) in [5.41, 5.74) is 4.48. The molecule has 1 unspecified atom stereocenters. The van der Waals surface area contributed by atoms with Crippen molar-refractivity contribution in [3.63, 3.8) is 0 Å². The predicted octanol–water partition coefficient (Wildman–Crippen LogP) is 5.18. The molecule has 3 N–H and O–H groups in total. The van der Waals surface area contributed by atoms with Crippen molar-refractivity contribution in [2.24, 2.45) is 5.92 Å². The van der Waals surface area contributed by atoms with Crippen LogP contribution in [-0.2, 0) is 20.9 Å². The molecule has 0 spiro atoms. The number of carbonyl (C=O) groups is 3. The molecule has 0 bridgehead atoms. The molecule has 42 heavy (non-hydrogen) atoms. The van der Waals surface area contributed by atoms with Crippen LogP contribution in [0, 0.1) is 5.92 Å². The number of carbonyl (C=O) groups excluding carboxylic acids is 2. The van der Waals surface area contributed by atoms with Crippen molar-refractivity contribution < 1.29 is 24.2 Å². The van der Waals surface area contributed by atoms with Crippen molar-refractivity contribution in [1.29, 1.82) is 0 Å². The molecule has 220 valence electrons. The zero-order chi connectivity index (χ0) is 29.7. The van der Waals surface area contributed by atoms with E-state index in [9.17, 15) is 19.5 Å². The highest BCUT2D eigenvalue weighted by Gasteiger charge is 2.44. The molecule has 8 nitrogen and oxygen atoms in total. The van der Waals surface area contributed by atoms with Crippen LogP contribution >= 0.6 is 0 Å². The number of carboxylic acid groups (broad SMARTS) is 1. The van der Waals surface area contributed by atoms with Gasteiger partial charge in [0.05, 0.1) is 6.42 Å². The van der Waals surface area contributed by atoms with Gasteiger partial charge in [-0.05, 0) is 46.6 Å². The van der Waals surface area contributed by atoms with Crippen LogP contribution in [-0.4, -0.2) is 59.3 Å². The Kier molecular flexibility index (Phi) is 8.92. The summed E-state index contributed by atoms with van der Waals surface area (Å²) in [6.45, 7) is 5.83. The number of nitrogens with one attached hydrogen (secondary N) is 2. The SMILES string of the molecule is CC(C)C(CC(=O)O)NC(=O)C1(NC(=O)OCC2c3ccccc3-c3ccccc32)CCN(Cc2ccccc2)CC1. The number of likely N-dealkylation sites (tertiary alicyclic amines) is 1. The molecule has 0 radical (unpaired) electrons. The van der Waals surface area contributed by atoms with Crippen LogP contribution in [0.2, 0.25) is 0 Å². The van der Waals surface area contributed by atoms with Crippen LogP contribution in [0.1, 0.15) is 55.7 Å². The summed E-state index contributed by atoms with van der Waals surface area (Å²) in [6.07, 6.45) is -0.0747. The van der Waals surface area contributed by atoms with Gasteiger partial charge in [0, 0.05) is 31.6 Å². The van der Waals surface area contributed by atoms with Gasteiger partial charge in [0.2, 0.25) is 5.91 Å². The van der Waals surface area contributed by atoms with Crippen LogP contribution in [0.4, 0.5) is 4.79 Å². The molecule has 1 aliphatic carbocycles. The van der Waals surface area contributed by atoms with Crippen LogP contribution in [0.3, 0.4) is 0 Å². The Labute approximate surface area is 247 Å². The van der Waals surface area contributed by atoms with E-state index >= 15 is 0 Å². The highest BCUT2D eigenvalue weighted by atomic mass is 16.5. The number of piperidine rings is 1. The fourth-order valence-electron chi connectivity index (χ4n) is 6.12. The first-order chi connectivity index (χ1) is 20.3. The molecule has 0 aromatic heterocycles. The van der Waals surface area contributed by atoms with E-state index in [4.69, 9.17) is 4.74 Å². The Morgan fingerprint density at radius 2 is 1.48 bits per heavy atom. The number of alkyl carbamates (subject to hydrolysis) is 1. The Morgan fingerprint density at radius 3 is 2.05 bits per heavy atom. The van der Waals surface area contributed by atoms with E-state index in [1.165, 1.54) is 5.56 Å². The Bertz CT molecular complexity index is 1370. The average Bonchev–Trinajstić information content (AvgIpc) is 3.30. The van der Waals surface area contributed by atoms with E-state index in [2.05, 4.69) is 51.9 Å². The maximum absolute atomic E-state index is 13.8. The first-order valence-corrected chi connectivity index (χ1v) is 14.7. The van der Waals surface area contributed by atoms with Crippen molar-refractivity contribution >= 4 is 18.0 Å². The number of fused-ring (bicyclic) bond motifs is 3. The number of amides is 2. The van der Waals surface area contributed by atoms with Crippen molar-refractivity contribution in [3.8, 4) is 11.1 Å². The number of rotatable bonds is 10. The molecule has 1 saturated heterocycles. The zero-order valence-corrected chi connectivity index (χ0v) is 24.2. The van der Waals surface area contributed by atoms with Crippen LogP contribution in [0.5, 0.6) is 0 Å². The zero-order valence-electron chi connectivity index (χ0n) is 24.2. The average molecular weight is 570 g/mol. The second kappa shape index (κ2) is 12.8. The third kappa shape index (κ3) is 6.49. The first-order valence-electron chi connectivity index (χ1n) is 14.7. The third-order valence-electron chi connectivity index (χ3n) is 8.59. The van der Waals surface area contributed by atoms with E-state index in [0.717, 1.165) is 28.8 Å². The normalized spacial score (nSPS) is 16.7. The largest absolute Gasteiger partial charge is 0.481 e. The number of aliphatic carboxylic acids is 1. The van der Waals surface area contributed by atoms with Crippen LogP contribution in [0.15, 0.2) is 78.9 Å². The van der Waals surface area contributed by atoms with E-state index in [1.54, 1.807) is 0 Å². The van der Waals surface area contributed by atoms with Gasteiger partial charge in [-0.1, -0.05) is 92.7 Å². The summed E-state index contributed by atoms with van der Waals surface area (Å²) in [4.78, 5) is 40.9. The van der Waals surface area contributed by atoms with E-state index < -0.39 is 23.6 Å². The molecule has 8 heteroatoms. The summed E-state index contributed by atoms with van der Waals surface area (Å²) in [5, 5.41) is 15.3. The number of carboxylic acids is 1. The van der Waals surface area contributed by atoms with Crippen molar-refractivity contribution in [2.45, 2.75) is 57.2 Å². The summed E-state index contributed by atoms with van der Waals surface area (Å²) in [5.74, 6) is -1.53. The van der Waals surface area contributed by atoms with Gasteiger partial charge in [-0.2, -0.15) is 0 Å². The standard InChI is InChI=1S/C34H39N3O5/c1-23(2)30(20-31(38)39)35-32(40)34(16-18-37(19-17-34)21-24-10-4-3-5-11-24)36-33(41)42-22-29-27-14-8-6-12-25(27)26-13-7-9-15-28(26)29/h3-15,23,29-30H,16-22H2,1-2H3,(H,35,40)(H,36,41)(H,38,39). The number of benzene rings is 3. The molecule has 2 aliphatic rings. The van der Waals surface area contributed by atoms with Crippen molar-refractivity contribution in [2.75, 3.05) is 19.7 Å². The van der Waals surface area contributed by atoms with Gasteiger partial charge >= 0.3 is 12.1 Å². The van der Waals surface area contributed by atoms with Gasteiger partial charge in [0.25, 0.3) is 0 Å². The molecule has 3 aromatic carbocycles. The maximum Gasteiger partial charge on any atom is 0.408 e. The first kappa shape index (κ1) is 29.3. The lowest BCUT2D eigenvalue weighted by molar-refractivity contribution is -0.138. The minimum absolute atomic E-state index is 0.0882. The molecule has 5 rings (SSSR count). The monoisotopic (exact) mass is 569 g/mol. The molecule has 1 aliphatic heterocycles. The molecular formula is C34H39N3O5. The topological polar surface area (TPSA) is 108 Å². The minimum Gasteiger partial charge on any atom is -0.481 e. The summed E-state index contributed by atoms with van der Waals surface area (Å²) in [7, 11) is 0. The molecule has 1 atom stereocenters. The second-order valence-electron chi connectivity index (χ2n) is 11.7. The Hall–Kier alpha value is -4.17. The van der Waals surface area contributed by atoms with E-state index in [-0.39, 0.29) is 30.8 Å². The van der Waals surface area contributed by atoms with Gasteiger partial charge in [0.1, 0.15) is 12.1 Å². The van der Waals surface area contributed by atoms with Gasteiger partial charge in [0.15, 0.2) is 0 Å². The lowest BCUT2D eigenvalue weighted by atomic mass is 9.85. The highest BCUT2D eigenvalue weighted by Crippen LogP contribution is 2.44. The third-order valence-corrected chi connectivity index (χ3v) is 8.59. The molecule has 3 aromatic rings. The highest BCUT2D eigenvalue weighted by molar-refractivity contribution is 5.90.